The maximum Gasteiger partial charge on any atom is 0.338 e. The van der Waals surface area contributed by atoms with Gasteiger partial charge in [-0.3, -0.25) is 0 Å². The third-order valence-corrected chi connectivity index (χ3v) is 9.56. The van der Waals surface area contributed by atoms with Gasteiger partial charge in [-0.2, -0.15) is 0 Å². The highest BCUT2D eigenvalue weighted by molar-refractivity contribution is 14.1. The van der Waals surface area contributed by atoms with Gasteiger partial charge in [-0.15, -0.1) is 0 Å². The van der Waals surface area contributed by atoms with Gasteiger partial charge >= 0.3 is 17.9 Å². The van der Waals surface area contributed by atoms with E-state index in [1.807, 2.05) is 22.8 Å². The van der Waals surface area contributed by atoms with Gasteiger partial charge in [-0.1, -0.05) is 54.6 Å². The molecule has 0 bridgehead atoms. The van der Waals surface area contributed by atoms with Gasteiger partial charge in [-0.05, 0) is 65.4 Å². The van der Waals surface area contributed by atoms with Crippen molar-refractivity contribution in [2.45, 2.75) is 30.8 Å². The van der Waals surface area contributed by atoms with Crippen molar-refractivity contribution >= 4 is 51.7 Å². The van der Waals surface area contributed by atoms with Gasteiger partial charge in [0, 0.05) is 18.4 Å². The van der Waals surface area contributed by atoms with E-state index in [0.717, 1.165) is 0 Å². The summed E-state index contributed by atoms with van der Waals surface area (Å²) in [6.45, 7) is 0.375. The molecule has 238 valence electrons. The summed E-state index contributed by atoms with van der Waals surface area (Å²) in [5.41, 5.74) is 1.59. The molecule has 0 unspecified atom stereocenters. The minimum atomic E-state index is -0.961. The number of imidazole rings is 1. The van der Waals surface area contributed by atoms with Crippen LogP contribution in [0.3, 0.4) is 0 Å². The zero-order valence-corrected chi connectivity index (χ0v) is 27.1. The van der Waals surface area contributed by atoms with E-state index in [-0.39, 0.29) is 25.0 Å². The topological polar surface area (TPSA) is 135 Å². The first kappa shape index (κ1) is 30.9. The fraction of sp³-hybridized carbons (Fsp3) is 0.257. The number of aromatic nitrogens is 4. The van der Waals surface area contributed by atoms with Crippen LogP contribution >= 0.6 is 22.6 Å². The molecule has 0 radical (unpaired) electrons. The standard InChI is InChI=1S/C35H29IN4O7/c36-30-27-31(38-20-37-30)40(21-39-27)18-26-25(16-17-44-32(41)22-10-4-1-5-11-22)28(46-34(43)24-14-8-3-9-15-24)29-35(26,47-29)19-45-33(42)23-12-6-2-7-13-23/h1-15,20-21,25-26,28-29H,16-19H2/t25-,26+,28+,29+,35-/m1/s1. The summed E-state index contributed by atoms with van der Waals surface area (Å²) >= 11 is 2.12. The number of halogens is 1. The van der Waals surface area contributed by atoms with E-state index < -0.39 is 35.7 Å². The Hall–Kier alpha value is -4.69. The number of fused-ring (bicyclic) bond motifs is 2. The van der Waals surface area contributed by atoms with Crippen molar-refractivity contribution in [3.8, 4) is 0 Å². The Morgan fingerprint density at radius 1 is 0.787 bits per heavy atom. The molecule has 1 aliphatic heterocycles. The summed E-state index contributed by atoms with van der Waals surface area (Å²) in [6, 6.07) is 26.2. The number of ether oxygens (including phenoxy) is 4. The largest absolute Gasteiger partial charge is 0.462 e. The van der Waals surface area contributed by atoms with Gasteiger partial charge in [0.05, 0.1) is 29.6 Å². The Morgan fingerprint density at radius 2 is 1.38 bits per heavy atom. The summed E-state index contributed by atoms with van der Waals surface area (Å²) in [5.74, 6) is -2.10. The molecule has 5 atom stereocenters. The predicted molar refractivity (Wildman–Crippen MR) is 176 cm³/mol. The lowest BCUT2D eigenvalue weighted by Crippen LogP contribution is -2.37. The summed E-state index contributed by atoms with van der Waals surface area (Å²) in [4.78, 5) is 52.5. The maximum absolute atomic E-state index is 13.4. The summed E-state index contributed by atoms with van der Waals surface area (Å²) in [7, 11) is 0. The number of esters is 3. The Kier molecular flexibility index (Phi) is 8.69. The Balaban J connectivity index is 1.20. The van der Waals surface area contributed by atoms with Crippen LogP contribution in [0, 0.1) is 15.5 Å². The highest BCUT2D eigenvalue weighted by Crippen LogP contribution is 2.59. The molecule has 2 aromatic heterocycles. The highest BCUT2D eigenvalue weighted by atomic mass is 127. The molecule has 11 nitrogen and oxygen atoms in total. The van der Waals surface area contributed by atoms with Crippen LogP contribution < -0.4 is 0 Å². The molecule has 12 heteroatoms. The van der Waals surface area contributed by atoms with Crippen molar-refractivity contribution in [2.75, 3.05) is 13.2 Å². The lowest BCUT2D eigenvalue weighted by molar-refractivity contribution is -0.0312. The van der Waals surface area contributed by atoms with Crippen LogP contribution in [0.25, 0.3) is 11.2 Å². The monoisotopic (exact) mass is 744 g/mol. The molecule has 47 heavy (non-hydrogen) atoms. The first-order valence-electron chi connectivity index (χ1n) is 15.1. The Morgan fingerprint density at radius 3 is 2.02 bits per heavy atom. The minimum Gasteiger partial charge on any atom is -0.462 e. The molecular weight excluding hydrogens is 715 g/mol. The molecule has 2 fully saturated rings. The van der Waals surface area contributed by atoms with E-state index >= 15 is 0 Å². The second-order valence-electron chi connectivity index (χ2n) is 11.5. The van der Waals surface area contributed by atoms with Crippen LogP contribution in [-0.4, -0.2) is 68.4 Å². The Labute approximate surface area is 283 Å². The highest BCUT2D eigenvalue weighted by Gasteiger charge is 2.75. The number of hydrogen-bond acceptors (Lipinski definition) is 10. The predicted octanol–water partition coefficient (Wildman–Crippen LogP) is 5.14. The van der Waals surface area contributed by atoms with Crippen molar-refractivity contribution in [2.24, 2.45) is 11.8 Å². The van der Waals surface area contributed by atoms with E-state index in [9.17, 15) is 14.4 Å². The molecule has 0 amide bonds. The molecule has 0 N–H and O–H groups in total. The van der Waals surface area contributed by atoms with Crippen molar-refractivity contribution in [3.05, 3.63) is 124 Å². The molecule has 1 saturated carbocycles. The van der Waals surface area contributed by atoms with E-state index in [0.29, 0.717) is 44.5 Å². The smallest absolute Gasteiger partial charge is 0.338 e. The molecule has 3 aromatic carbocycles. The first-order chi connectivity index (χ1) is 22.9. The van der Waals surface area contributed by atoms with Gasteiger partial charge in [0.2, 0.25) is 0 Å². The van der Waals surface area contributed by atoms with Gasteiger partial charge < -0.3 is 23.5 Å². The van der Waals surface area contributed by atoms with Crippen LogP contribution in [0.1, 0.15) is 37.5 Å². The van der Waals surface area contributed by atoms with Crippen LogP contribution in [0.4, 0.5) is 0 Å². The average molecular weight is 745 g/mol. The normalized spacial score (nSPS) is 22.7. The first-order valence-corrected chi connectivity index (χ1v) is 16.2. The number of carbonyl (C=O) groups excluding carboxylic acids is 3. The number of benzene rings is 3. The second-order valence-corrected chi connectivity index (χ2v) is 12.5. The summed E-state index contributed by atoms with van der Waals surface area (Å²) in [5, 5.41) is 0. The molecule has 1 aliphatic carbocycles. The second kappa shape index (κ2) is 13.2. The maximum atomic E-state index is 13.4. The molecule has 5 aromatic rings. The van der Waals surface area contributed by atoms with Crippen LogP contribution in [-0.2, 0) is 25.5 Å². The van der Waals surface area contributed by atoms with Gasteiger partial charge in [0.25, 0.3) is 0 Å². The van der Waals surface area contributed by atoms with Crippen molar-refractivity contribution in [1.29, 1.82) is 0 Å². The SMILES string of the molecule is O=C(OCC[C@H]1[C@H](OC(=O)c2ccccc2)[C@@H]2O[C@]2(COC(=O)c2ccccc2)[C@H]1Cn1cnc2c(I)ncnc21)c1ccccc1. The van der Waals surface area contributed by atoms with Gasteiger partial charge in [-0.25, -0.2) is 29.3 Å². The zero-order chi connectivity index (χ0) is 32.4. The molecular formula is C35H29IN4O7. The van der Waals surface area contributed by atoms with Crippen molar-refractivity contribution in [3.63, 3.8) is 0 Å². The number of rotatable bonds is 11. The minimum absolute atomic E-state index is 0.0606. The Bertz CT molecular complexity index is 1910. The number of hydrogen-bond donors (Lipinski definition) is 0. The summed E-state index contributed by atoms with van der Waals surface area (Å²) in [6.07, 6.45) is 2.28. The third-order valence-electron chi connectivity index (χ3n) is 8.77. The molecule has 1 saturated heterocycles. The number of epoxide rings is 1. The third kappa shape index (κ3) is 6.22. The summed E-state index contributed by atoms with van der Waals surface area (Å²) < 4.78 is 26.7. The van der Waals surface area contributed by atoms with Gasteiger partial charge in [0.1, 0.15) is 40.0 Å². The zero-order valence-electron chi connectivity index (χ0n) is 25.0. The van der Waals surface area contributed by atoms with E-state index in [1.165, 1.54) is 6.33 Å². The van der Waals surface area contributed by atoms with Crippen LogP contribution in [0.15, 0.2) is 104 Å². The lowest BCUT2D eigenvalue weighted by atomic mass is 9.85. The van der Waals surface area contributed by atoms with E-state index in [2.05, 4.69) is 37.5 Å². The van der Waals surface area contributed by atoms with Crippen molar-refractivity contribution in [1.82, 2.24) is 19.5 Å². The molecule has 3 heterocycles. The number of carbonyl (C=O) groups is 3. The fourth-order valence-electron chi connectivity index (χ4n) is 6.43. The molecule has 0 spiro atoms. The van der Waals surface area contributed by atoms with Gasteiger partial charge in [0.15, 0.2) is 5.65 Å². The molecule has 2 aliphatic rings. The van der Waals surface area contributed by atoms with Crippen LogP contribution in [0.5, 0.6) is 0 Å². The fourth-order valence-corrected chi connectivity index (χ4v) is 6.94. The lowest BCUT2D eigenvalue weighted by Gasteiger charge is -2.30. The number of nitrogens with zero attached hydrogens (tertiary/aromatic N) is 4. The van der Waals surface area contributed by atoms with E-state index in [1.54, 1.807) is 79.1 Å². The van der Waals surface area contributed by atoms with E-state index in [4.69, 9.17) is 18.9 Å². The van der Waals surface area contributed by atoms with Crippen molar-refractivity contribution < 1.29 is 33.3 Å². The average Bonchev–Trinajstić information content (AvgIpc) is 3.61. The quantitative estimate of drug-likeness (QED) is 0.0588. The molecule has 7 rings (SSSR count). The van der Waals surface area contributed by atoms with Crippen LogP contribution in [0.2, 0.25) is 0 Å².